The van der Waals surface area contributed by atoms with Crippen molar-refractivity contribution < 1.29 is 22.3 Å². The average Bonchev–Trinajstić information content (AvgIpc) is 2.81. The van der Waals surface area contributed by atoms with Crippen LogP contribution in [0.25, 0.3) is 11.1 Å². The van der Waals surface area contributed by atoms with Crippen LogP contribution >= 0.6 is 0 Å². The molecule has 0 saturated heterocycles. The Hall–Kier alpha value is -2.14. The smallest absolute Gasteiger partial charge is 0.167 e. The summed E-state index contributed by atoms with van der Waals surface area (Å²) in [6.45, 7) is 4.27. The van der Waals surface area contributed by atoms with Crippen molar-refractivity contribution in [2.45, 2.75) is 70.8 Å². The lowest BCUT2D eigenvalue weighted by molar-refractivity contribution is 0.0486. The molecule has 1 saturated carbocycles. The Balaban J connectivity index is 1.47. The lowest BCUT2D eigenvalue weighted by Crippen LogP contribution is -2.24. The molecule has 0 N–H and O–H groups in total. The van der Waals surface area contributed by atoms with Gasteiger partial charge in [0.15, 0.2) is 23.3 Å². The van der Waals surface area contributed by atoms with E-state index in [2.05, 4.69) is 13.0 Å². The number of ether oxygens (including phenoxy) is 1. The zero-order valence-electron chi connectivity index (χ0n) is 18.7. The van der Waals surface area contributed by atoms with Crippen molar-refractivity contribution in [3.63, 3.8) is 0 Å². The van der Waals surface area contributed by atoms with E-state index in [9.17, 15) is 17.6 Å². The summed E-state index contributed by atoms with van der Waals surface area (Å²) in [4.78, 5) is 0. The molecule has 0 aromatic heterocycles. The third-order valence-corrected chi connectivity index (χ3v) is 7.11. The summed E-state index contributed by atoms with van der Waals surface area (Å²) in [6.07, 6.45) is 9.16. The number of hydrogen-bond acceptors (Lipinski definition) is 1. The van der Waals surface area contributed by atoms with Gasteiger partial charge in [-0.05, 0) is 74.0 Å². The van der Waals surface area contributed by atoms with Crippen LogP contribution in [0.5, 0.6) is 0 Å². The maximum absolute atomic E-state index is 15.0. The van der Waals surface area contributed by atoms with Gasteiger partial charge in [0, 0.05) is 11.1 Å². The third-order valence-electron chi connectivity index (χ3n) is 7.11. The van der Waals surface area contributed by atoms with Crippen molar-refractivity contribution in [1.29, 1.82) is 0 Å². The SMILES string of the molecule is CCCC1CC=C(C2CCC(c3ccc(-c4ccc(C)c(F)c4F)c(F)c3F)CC2)CO1. The van der Waals surface area contributed by atoms with Gasteiger partial charge in [-0.2, -0.15) is 0 Å². The van der Waals surface area contributed by atoms with E-state index in [1.165, 1.54) is 36.8 Å². The van der Waals surface area contributed by atoms with Crippen LogP contribution < -0.4 is 0 Å². The maximum atomic E-state index is 15.0. The van der Waals surface area contributed by atoms with E-state index in [0.29, 0.717) is 24.2 Å². The van der Waals surface area contributed by atoms with Crippen LogP contribution in [0, 0.1) is 36.1 Å². The molecule has 4 rings (SSSR count). The highest BCUT2D eigenvalue weighted by molar-refractivity contribution is 5.66. The summed E-state index contributed by atoms with van der Waals surface area (Å²) in [5.41, 5.74) is 1.29. The molecule has 0 radical (unpaired) electrons. The van der Waals surface area contributed by atoms with E-state index in [1.54, 1.807) is 0 Å². The predicted octanol–water partition coefficient (Wildman–Crippen LogP) is 8.01. The average molecular weight is 447 g/mol. The zero-order valence-corrected chi connectivity index (χ0v) is 18.7. The molecule has 1 unspecified atom stereocenters. The number of rotatable bonds is 5. The van der Waals surface area contributed by atoms with E-state index >= 15 is 0 Å². The minimum absolute atomic E-state index is 0.0765. The summed E-state index contributed by atoms with van der Waals surface area (Å²) in [5, 5.41) is 0. The number of hydrogen-bond donors (Lipinski definition) is 0. The van der Waals surface area contributed by atoms with Crippen molar-refractivity contribution in [2.75, 3.05) is 6.61 Å². The fourth-order valence-electron chi connectivity index (χ4n) is 5.15. The first-order valence-corrected chi connectivity index (χ1v) is 11.6. The highest BCUT2D eigenvalue weighted by Gasteiger charge is 2.30. The van der Waals surface area contributed by atoms with Gasteiger partial charge >= 0.3 is 0 Å². The Morgan fingerprint density at radius 2 is 1.44 bits per heavy atom. The molecule has 0 amide bonds. The molecule has 1 heterocycles. The van der Waals surface area contributed by atoms with Gasteiger partial charge < -0.3 is 4.74 Å². The second kappa shape index (κ2) is 9.78. The standard InChI is InChI=1S/C27H30F4O/c1-3-4-20-11-10-19(15-32-20)17-6-8-18(9-7-17)21-13-14-23(27(31)25(21)29)22-12-5-16(2)24(28)26(22)30/h5,10,12-14,17-18,20H,3-4,6-9,11,15H2,1-2H3. The molecule has 0 bridgehead atoms. The molecular weight excluding hydrogens is 416 g/mol. The molecule has 2 aliphatic rings. The molecule has 1 fully saturated rings. The van der Waals surface area contributed by atoms with E-state index < -0.39 is 23.3 Å². The van der Waals surface area contributed by atoms with Crippen LogP contribution in [0.3, 0.4) is 0 Å². The van der Waals surface area contributed by atoms with E-state index in [4.69, 9.17) is 4.74 Å². The number of benzene rings is 2. The first kappa shape index (κ1) is 23.0. The molecular formula is C27H30F4O. The topological polar surface area (TPSA) is 9.23 Å². The fraction of sp³-hybridized carbons (Fsp3) is 0.481. The van der Waals surface area contributed by atoms with Crippen molar-refractivity contribution in [2.24, 2.45) is 5.92 Å². The quantitative estimate of drug-likeness (QED) is 0.334. The Kier molecular flexibility index (Phi) is 7.04. The Morgan fingerprint density at radius 3 is 2.06 bits per heavy atom. The Morgan fingerprint density at radius 1 is 0.812 bits per heavy atom. The van der Waals surface area contributed by atoms with E-state index in [1.807, 2.05) is 0 Å². The molecule has 2 aromatic rings. The van der Waals surface area contributed by atoms with Crippen molar-refractivity contribution in [1.82, 2.24) is 0 Å². The molecule has 1 aliphatic heterocycles. The summed E-state index contributed by atoms with van der Waals surface area (Å²) < 4.78 is 64.1. The highest BCUT2D eigenvalue weighted by Crippen LogP contribution is 2.42. The zero-order chi connectivity index (χ0) is 22.8. The first-order valence-electron chi connectivity index (χ1n) is 11.6. The molecule has 2 aromatic carbocycles. The van der Waals surface area contributed by atoms with Gasteiger partial charge in [-0.15, -0.1) is 0 Å². The van der Waals surface area contributed by atoms with Crippen molar-refractivity contribution in [3.05, 3.63) is 70.3 Å². The van der Waals surface area contributed by atoms with Crippen molar-refractivity contribution in [3.8, 4) is 11.1 Å². The largest absolute Gasteiger partial charge is 0.374 e. The van der Waals surface area contributed by atoms with Gasteiger partial charge in [-0.1, -0.05) is 43.7 Å². The normalized spacial score (nSPS) is 23.8. The van der Waals surface area contributed by atoms with Crippen LogP contribution in [-0.4, -0.2) is 12.7 Å². The Bertz CT molecular complexity index is 1010. The molecule has 1 atom stereocenters. The molecule has 1 nitrogen and oxygen atoms in total. The summed E-state index contributed by atoms with van der Waals surface area (Å²) >= 11 is 0. The highest BCUT2D eigenvalue weighted by atomic mass is 19.2. The third kappa shape index (κ3) is 4.50. The van der Waals surface area contributed by atoms with Crippen molar-refractivity contribution >= 4 is 0 Å². The van der Waals surface area contributed by atoms with Gasteiger partial charge in [-0.3, -0.25) is 0 Å². The van der Waals surface area contributed by atoms with Gasteiger partial charge in [0.2, 0.25) is 0 Å². The maximum Gasteiger partial charge on any atom is 0.167 e. The number of aryl methyl sites for hydroxylation is 1. The number of halogens is 4. The lowest BCUT2D eigenvalue weighted by Gasteiger charge is -2.33. The fourth-order valence-corrected chi connectivity index (χ4v) is 5.15. The van der Waals surface area contributed by atoms with Crippen LogP contribution in [0.2, 0.25) is 0 Å². The molecule has 32 heavy (non-hydrogen) atoms. The van der Waals surface area contributed by atoms with E-state index in [-0.39, 0.29) is 22.6 Å². The van der Waals surface area contributed by atoms with Gasteiger partial charge in [0.1, 0.15) is 0 Å². The first-order chi connectivity index (χ1) is 15.4. The van der Waals surface area contributed by atoms with Gasteiger partial charge in [0.05, 0.1) is 12.7 Å². The lowest BCUT2D eigenvalue weighted by atomic mass is 9.75. The minimum atomic E-state index is -1.15. The molecule has 5 heteroatoms. The second-order valence-electron chi connectivity index (χ2n) is 9.17. The molecule has 1 aliphatic carbocycles. The Labute approximate surface area is 187 Å². The second-order valence-corrected chi connectivity index (χ2v) is 9.17. The summed E-state index contributed by atoms with van der Waals surface area (Å²) in [5.74, 6) is -3.89. The van der Waals surface area contributed by atoms with Gasteiger partial charge in [0.25, 0.3) is 0 Å². The summed E-state index contributed by atoms with van der Waals surface area (Å²) in [7, 11) is 0. The molecule has 172 valence electrons. The van der Waals surface area contributed by atoms with Crippen LogP contribution in [0.1, 0.15) is 68.9 Å². The van der Waals surface area contributed by atoms with Crippen LogP contribution in [0.15, 0.2) is 35.9 Å². The van der Waals surface area contributed by atoms with E-state index in [0.717, 1.165) is 44.9 Å². The predicted molar refractivity (Wildman–Crippen MR) is 118 cm³/mol. The molecule has 0 spiro atoms. The summed E-state index contributed by atoms with van der Waals surface area (Å²) in [6, 6.07) is 5.57. The van der Waals surface area contributed by atoms with Crippen LogP contribution in [-0.2, 0) is 4.74 Å². The van der Waals surface area contributed by atoms with Gasteiger partial charge in [-0.25, -0.2) is 17.6 Å². The monoisotopic (exact) mass is 446 g/mol. The van der Waals surface area contributed by atoms with Crippen LogP contribution in [0.4, 0.5) is 17.6 Å². The minimum Gasteiger partial charge on any atom is -0.374 e.